The number of rotatable bonds is 3. The average molecular weight is 313 g/mol. The van der Waals surface area contributed by atoms with Crippen molar-refractivity contribution in [1.82, 2.24) is 4.90 Å². The highest BCUT2D eigenvalue weighted by molar-refractivity contribution is 7.16. The molecule has 1 saturated heterocycles. The summed E-state index contributed by atoms with van der Waals surface area (Å²) in [7, 11) is 0. The van der Waals surface area contributed by atoms with Crippen LogP contribution < -0.4 is 5.73 Å². The van der Waals surface area contributed by atoms with Crippen LogP contribution >= 0.6 is 22.9 Å². The zero-order valence-electron chi connectivity index (χ0n) is 10.3. The number of likely N-dealkylation sites (tertiary alicyclic amines) is 1. The average Bonchev–Trinajstić information content (AvgIpc) is 2.76. The van der Waals surface area contributed by atoms with E-state index in [-0.39, 0.29) is 19.0 Å². The summed E-state index contributed by atoms with van der Waals surface area (Å²) in [4.78, 5) is 2.78. The summed E-state index contributed by atoms with van der Waals surface area (Å²) in [5.41, 5.74) is 5.74. The molecule has 1 aromatic heterocycles. The first-order chi connectivity index (χ1) is 8.91. The van der Waals surface area contributed by atoms with Crippen molar-refractivity contribution in [3.63, 3.8) is 0 Å². The Balaban J connectivity index is 2.10. The first kappa shape index (κ1) is 15.1. The molecule has 7 heteroatoms. The van der Waals surface area contributed by atoms with Gasteiger partial charge in [0.1, 0.15) is 0 Å². The molecule has 0 saturated carbocycles. The highest BCUT2D eigenvalue weighted by atomic mass is 35.5. The van der Waals surface area contributed by atoms with Gasteiger partial charge in [0.25, 0.3) is 0 Å². The molecule has 2 rings (SSSR count). The molecule has 2 atom stereocenters. The Morgan fingerprint density at radius 3 is 2.74 bits per heavy atom. The summed E-state index contributed by atoms with van der Waals surface area (Å²) in [5.74, 6) is -1.24. The quantitative estimate of drug-likeness (QED) is 0.922. The van der Waals surface area contributed by atoms with E-state index in [4.69, 9.17) is 17.3 Å². The van der Waals surface area contributed by atoms with Crippen LogP contribution in [0.5, 0.6) is 0 Å². The minimum atomic E-state index is -4.12. The van der Waals surface area contributed by atoms with Crippen LogP contribution in [0.1, 0.15) is 23.8 Å². The summed E-state index contributed by atoms with van der Waals surface area (Å²) >= 11 is 7.27. The van der Waals surface area contributed by atoms with Gasteiger partial charge in [0.2, 0.25) is 0 Å². The first-order valence-corrected chi connectivity index (χ1v) is 7.37. The van der Waals surface area contributed by atoms with E-state index in [2.05, 4.69) is 0 Å². The van der Waals surface area contributed by atoms with Gasteiger partial charge in [0.05, 0.1) is 16.3 Å². The largest absolute Gasteiger partial charge is 0.393 e. The van der Waals surface area contributed by atoms with Crippen LogP contribution in [0.3, 0.4) is 0 Å². The predicted octanol–water partition coefficient (Wildman–Crippen LogP) is 3.68. The summed E-state index contributed by atoms with van der Waals surface area (Å²) in [6.45, 7) is 0.992. The molecule has 0 amide bonds. The van der Waals surface area contributed by atoms with Crippen molar-refractivity contribution in [2.75, 3.05) is 19.6 Å². The molecule has 2 nitrogen and oxygen atoms in total. The predicted molar refractivity (Wildman–Crippen MR) is 71.5 cm³/mol. The van der Waals surface area contributed by atoms with Gasteiger partial charge >= 0.3 is 6.18 Å². The fourth-order valence-corrected chi connectivity index (χ4v) is 3.72. The third kappa shape index (κ3) is 3.62. The molecule has 0 radical (unpaired) electrons. The van der Waals surface area contributed by atoms with E-state index in [0.29, 0.717) is 23.8 Å². The molecular weight excluding hydrogens is 297 g/mol. The van der Waals surface area contributed by atoms with Crippen molar-refractivity contribution in [3.8, 4) is 0 Å². The Bertz CT molecular complexity index is 421. The fourth-order valence-electron chi connectivity index (χ4n) is 2.51. The lowest BCUT2D eigenvalue weighted by Crippen LogP contribution is -2.45. The number of piperidine rings is 1. The number of hydrogen-bond donors (Lipinski definition) is 1. The summed E-state index contributed by atoms with van der Waals surface area (Å²) in [5, 5.41) is 0. The Kier molecular flexibility index (Phi) is 4.76. The van der Waals surface area contributed by atoms with Gasteiger partial charge in [-0.2, -0.15) is 13.2 Å². The molecule has 1 aliphatic heterocycles. The third-order valence-corrected chi connectivity index (χ3v) is 4.83. The lowest BCUT2D eigenvalue weighted by Gasteiger charge is -2.38. The zero-order chi connectivity index (χ0) is 14.0. The van der Waals surface area contributed by atoms with E-state index < -0.39 is 12.1 Å². The van der Waals surface area contributed by atoms with Gasteiger partial charge in [-0.1, -0.05) is 11.6 Å². The zero-order valence-corrected chi connectivity index (χ0v) is 11.9. The Morgan fingerprint density at radius 1 is 1.47 bits per heavy atom. The molecule has 1 fully saturated rings. The maximum atomic E-state index is 12.8. The Hall–Kier alpha value is -0.300. The Morgan fingerprint density at radius 2 is 2.21 bits per heavy atom. The lowest BCUT2D eigenvalue weighted by atomic mass is 9.96. The molecule has 0 aliphatic carbocycles. The van der Waals surface area contributed by atoms with E-state index in [1.54, 1.807) is 6.07 Å². The van der Waals surface area contributed by atoms with E-state index in [1.165, 1.54) is 11.3 Å². The van der Waals surface area contributed by atoms with Crippen molar-refractivity contribution in [2.45, 2.75) is 25.1 Å². The minimum absolute atomic E-state index is 0.0287. The van der Waals surface area contributed by atoms with Crippen LogP contribution in [0.4, 0.5) is 13.2 Å². The Labute approximate surface area is 119 Å². The number of halogens is 4. The van der Waals surface area contributed by atoms with Crippen molar-refractivity contribution in [2.24, 2.45) is 11.7 Å². The number of thiophene rings is 1. The van der Waals surface area contributed by atoms with Crippen molar-refractivity contribution < 1.29 is 13.2 Å². The van der Waals surface area contributed by atoms with Crippen LogP contribution in [-0.4, -0.2) is 30.7 Å². The second kappa shape index (κ2) is 5.99. The van der Waals surface area contributed by atoms with Gasteiger partial charge < -0.3 is 5.73 Å². The maximum Gasteiger partial charge on any atom is 0.393 e. The smallest absolute Gasteiger partial charge is 0.329 e. The molecule has 0 aromatic carbocycles. The molecule has 1 aliphatic rings. The van der Waals surface area contributed by atoms with Crippen LogP contribution in [0.15, 0.2) is 12.1 Å². The molecule has 0 spiro atoms. The van der Waals surface area contributed by atoms with Crippen molar-refractivity contribution in [1.29, 1.82) is 0 Å². The van der Waals surface area contributed by atoms with Crippen LogP contribution in [-0.2, 0) is 0 Å². The van der Waals surface area contributed by atoms with Gasteiger partial charge in [0, 0.05) is 18.0 Å². The monoisotopic (exact) mass is 312 g/mol. The molecule has 0 bridgehead atoms. The number of hydrogen-bond acceptors (Lipinski definition) is 3. The van der Waals surface area contributed by atoms with E-state index in [9.17, 15) is 13.2 Å². The van der Waals surface area contributed by atoms with Gasteiger partial charge in [0.15, 0.2) is 0 Å². The minimum Gasteiger partial charge on any atom is -0.329 e. The third-order valence-electron chi connectivity index (χ3n) is 3.50. The van der Waals surface area contributed by atoms with Crippen molar-refractivity contribution >= 4 is 22.9 Å². The van der Waals surface area contributed by atoms with Crippen LogP contribution in [0.2, 0.25) is 4.34 Å². The SMILES string of the molecule is NCC(c1ccc(Cl)s1)N1CCCC(C(F)(F)F)C1. The molecule has 19 heavy (non-hydrogen) atoms. The van der Waals surface area contributed by atoms with Crippen molar-refractivity contribution in [3.05, 3.63) is 21.3 Å². The normalized spacial score (nSPS) is 23.5. The van der Waals surface area contributed by atoms with E-state index >= 15 is 0 Å². The van der Waals surface area contributed by atoms with Crippen LogP contribution in [0, 0.1) is 5.92 Å². The van der Waals surface area contributed by atoms with Crippen LogP contribution in [0.25, 0.3) is 0 Å². The first-order valence-electron chi connectivity index (χ1n) is 6.18. The van der Waals surface area contributed by atoms with E-state index in [1.807, 2.05) is 11.0 Å². The lowest BCUT2D eigenvalue weighted by molar-refractivity contribution is -0.188. The second-order valence-electron chi connectivity index (χ2n) is 4.77. The van der Waals surface area contributed by atoms with Gasteiger partial charge in [-0.15, -0.1) is 11.3 Å². The number of nitrogens with two attached hydrogens (primary N) is 1. The number of nitrogens with zero attached hydrogens (tertiary/aromatic N) is 1. The highest BCUT2D eigenvalue weighted by Gasteiger charge is 2.42. The highest BCUT2D eigenvalue weighted by Crippen LogP contribution is 2.37. The molecule has 2 N–H and O–H groups in total. The van der Waals surface area contributed by atoms with Gasteiger partial charge in [-0.3, -0.25) is 4.90 Å². The maximum absolute atomic E-state index is 12.8. The topological polar surface area (TPSA) is 29.3 Å². The summed E-state index contributed by atoms with van der Waals surface area (Å²) < 4.78 is 39.1. The number of alkyl halides is 3. The molecule has 2 unspecified atom stereocenters. The summed E-state index contributed by atoms with van der Waals surface area (Å²) in [6, 6.07) is 3.44. The van der Waals surface area contributed by atoms with E-state index in [0.717, 1.165) is 4.88 Å². The molecule has 1 aromatic rings. The molecule has 2 heterocycles. The summed E-state index contributed by atoms with van der Waals surface area (Å²) in [6.07, 6.45) is -3.35. The molecular formula is C12H16ClF3N2S. The fraction of sp³-hybridized carbons (Fsp3) is 0.667. The van der Waals surface area contributed by atoms with Gasteiger partial charge in [-0.05, 0) is 31.5 Å². The molecule has 108 valence electrons. The van der Waals surface area contributed by atoms with Gasteiger partial charge in [-0.25, -0.2) is 0 Å². The second-order valence-corrected chi connectivity index (χ2v) is 6.52. The standard InChI is InChI=1S/C12H16ClF3N2S/c13-11-4-3-10(19-11)9(6-17)18-5-1-2-8(7-18)12(14,15)16/h3-4,8-9H,1-2,5-7,17H2.